The third kappa shape index (κ3) is 3.76. The first-order valence-electron chi connectivity index (χ1n) is 6.43. The highest BCUT2D eigenvalue weighted by Crippen LogP contribution is 2.12. The molecule has 1 aliphatic heterocycles. The quantitative estimate of drug-likeness (QED) is 0.814. The molecule has 0 saturated carbocycles. The molecule has 1 aliphatic rings. The normalized spacial score (nSPS) is 22.1. The molecule has 1 saturated heterocycles. The van der Waals surface area contributed by atoms with Crippen LogP contribution >= 0.6 is 0 Å². The number of aryl methyl sites for hydroxylation is 1. The van der Waals surface area contributed by atoms with Gasteiger partial charge in [-0.1, -0.05) is 6.92 Å². The Morgan fingerprint density at radius 1 is 1.53 bits per heavy atom. The number of hydrogen-bond donors (Lipinski definition) is 2. The largest absolute Gasteiger partial charge is 0.346 e. The van der Waals surface area contributed by atoms with E-state index in [-0.39, 0.29) is 23.4 Å². The maximum absolute atomic E-state index is 11.9. The number of carbonyl (C=O) groups is 1. The van der Waals surface area contributed by atoms with Crippen LogP contribution in [0.4, 0.5) is 0 Å². The summed E-state index contributed by atoms with van der Waals surface area (Å²) in [5.41, 5.74) is 0. The molecule has 2 N–H and O–H groups in total. The maximum atomic E-state index is 11.9. The van der Waals surface area contributed by atoms with Gasteiger partial charge >= 0.3 is 0 Å². The van der Waals surface area contributed by atoms with E-state index in [0.29, 0.717) is 18.7 Å². The van der Waals surface area contributed by atoms with Crippen molar-refractivity contribution in [3.63, 3.8) is 0 Å². The Kier molecular flexibility index (Phi) is 4.18. The van der Waals surface area contributed by atoms with E-state index >= 15 is 0 Å². The van der Waals surface area contributed by atoms with Gasteiger partial charge in [0.05, 0.1) is 11.5 Å². The third-order valence-electron chi connectivity index (χ3n) is 3.02. The lowest BCUT2D eigenvalue weighted by Gasteiger charge is -2.22. The monoisotopic (exact) mass is 286 g/mol. The van der Waals surface area contributed by atoms with Gasteiger partial charge in [-0.15, -0.1) is 5.10 Å². The van der Waals surface area contributed by atoms with Crippen molar-refractivity contribution in [2.45, 2.75) is 38.6 Å². The van der Waals surface area contributed by atoms with Gasteiger partial charge in [0.25, 0.3) is 5.91 Å². The molecule has 1 aromatic rings. The van der Waals surface area contributed by atoms with Crippen molar-refractivity contribution in [2.24, 2.45) is 0 Å². The number of nitrogens with one attached hydrogen (secondary N) is 2. The van der Waals surface area contributed by atoms with Crippen molar-refractivity contribution in [3.05, 3.63) is 11.6 Å². The Balaban J connectivity index is 1.96. The molecule has 8 heteroatoms. The molecule has 1 amide bonds. The Hall–Kier alpha value is -1.44. The van der Waals surface area contributed by atoms with Gasteiger partial charge in [-0.25, -0.2) is 13.4 Å². The van der Waals surface area contributed by atoms with Gasteiger partial charge in [0.15, 0.2) is 9.84 Å². The van der Waals surface area contributed by atoms with E-state index in [9.17, 15) is 13.2 Å². The molecule has 2 rings (SSSR count). The highest BCUT2D eigenvalue weighted by molar-refractivity contribution is 7.91. The molecular formula is C11H18N4O3S. The molecule has 1 fully saturated rings. The Labute approximate surface area is 112 Å². The molecule has 1 unspecified atom stereocenters. The standard InChI is InChI=1S/C11H18N4O3S/c1-2-4-9-13-10(15-14-9)11(16)12-8-5-3-6-19(17,18)7-8/h8H,2-7H2,1H3,(H,12,16)(H,13,14,15). The number of aromatic nitrogens is 3. The molecule has 106 valence electrons. The lowest BCUT2D eigenvalue weighted by atomic mass is 10.2. The van der Waals surface area contributed by atoms with Crippen LogP contribution in [0.1, 0.15) is 42.6 Å². The summed E-state index contributed by atoms with van der Waals surface area (Å²) in [6.07, 6.45) is 2.91. The van der Waals surface area contributed by atoms with Crippen LogP contribution in [0.2, 0.25) is 0 Å². The number of amides is 1. The SMILES string of the molecule is CCCc1nc(C(=O)NC2CCCS(=O)(=O)C2)n[nH]1. The van der Waals surface area contributed by atoms with Crippen molar-refractivity contribution in [1.29, 1.82) is 0 Å². The number of sulfone groups is 1. The average molecular weight is 286 g/mol. The summed E-state index contributed by atoms with van der Waals surface area (Å²) in [5.74, 6) is 0.544. The fourth-order valence-electron chi connectivity index (χ4n) is 2.13. The third-order valence-corrected chi connectivity index (χ3v) is 4.84. The topological polar surface area (TPSA) is 105 Å². The second kappa shape index (κ2) is 5.68. The van der Waals surface area contributed by atoms with Crippen molar-refractivity contribution in [3.8, 4) is 0 Å². The Bertz CT molecular complexity index is 552. The van der Waals surface area contributed by atoms with Gasteiger partial charge in [-0.2, -0.15) is 0 Å². The molecule has 0 aromatic carbocycles. The fourth-order valence-corrected chi connectivity index (χ4v) is 3.77. The zero-order chi connectivity index (χ0) is 13.9. The van der Waals surface area contributed by atoms with Crippen LogP contribution in [-0.2, 0) is 16.3 Å². The first-order chi connectivity index (χ1) is 9.00. The number of hydrogen-bond acceptors (Lipinski definition) is 5. The van der Waals surface area contributed by atoms with Crippen molar-refractivity contribution in [1.82, 2.24) is 20.5 Å². The van der Waals surface area contributed by atoms with Crippen LogP contribution in [0, 0.1) is 0 Å². The zero-order valence-corrected chi connectivity index (χ0v) is 11.7. The summed E-state index contributed by atoms with van der Waals surface area (Å²) in [6.45, 7) is 2.01. The second-order valence-electron chi connectivity index (χ2n) is 4.78. The van der Waals surface area contributed by atoms with Crippen molar-refractivity contribution in [2.75, 3.05) is 11.5 Å². The molecule has 0 bridgehead atoms. The van der Waals surface area contributed by atoms with E-state index in [1.54, 1.807) is 0 Å². The summed E-state index contributed by atoms with van der Waals surface area (Å²) >= 11 is 0. The lowest BCUT2D eigenvalue weighted by Crippen LogP contribution is -2.43. The van der Waals surface area contributed by atoms with Crippen molar-refractivity contribution < 1.29 is 13.2 Å². The minimum Gasteiger partial charge on any atom is -0.346 e. The molecular weight excluding hydrogens is 268 g/mol. The van der Waals surface area contributed by atoms with E-state index in [1.807, 2.05) is 6.92 Å². The van der Waals surface area contributed by atoms with E-state index in [4.69, 9.17) is 0 Å². The molecule has 0 aliphatic carbocycles. The molecule has 19 heavy (non-hydrogen) atoms. The molecule has 1 aromatic heterocycles. The van der Waals surface area contributed by atoms with Crippen LogP contribution < -0.4 is 5.32 Å². The summed E-state index contributed by atoms with van der Waals surface area (Å²) in [5, 5.41) is 9.22. The van der Waals surface area contributed by atoms with Crippen LogP contribution in [0.25, 0.3) is 0 Å². The maximum Gasteiger partial charge on any atom is 0.291 e. The predicted molar refractivity (Wildman–Crippen MR) is 69.5 cm³/mol. The van der Waals surface area contributed by atoms with Crippen LogP contribution in [0.5, 0.6) is 0 Å². The van der Waals surface area contributed by atoms with Gasteiger partial charge in [0.2, 0.25) is 5.82 Å². The van der Waals surface area contributed by atoms with Crippen LogP contribution in [-0.4, -0.2) is 47.1 Å². The average Bonchev–Trinajstić information content (AvgIpc) is 2.77. The van der Waals surface area contributed by atoms with Crippen LogP contribution in [0.3, 0.4) is 0 Å². The van der Waals surface area contributed by atoms with Gasteiger partial charge in [-0.3, -0.25) is 9.89 Å². The summed E-state index contributed by atoms with van der Waals surface area (Å²) in [6, 6.07) is -0.334. The van der Waals surface area contributed by atoms with E-state index in [0.717, 1.165) is 12.8 Å². The molecule has 1 atom stereocenters. The number of rotatable bonds is 4. The molecule has 0 radical (unpaired) electrons. The lowest BCUT2D eigenvalue weighted by molar-refractivity contribution is 0.0928. The smallest absolute Gasteiger partial charge is 0.291 e. The minimum absolute atomic E-state index is 0.00494. The number of carbonyl (C=O) groups excluding carboxylic acids is 1. The zero-order valence-electron chi connectivity index (χ0n) is 10.8. The Morgan fingerprint density at radius 3 is 3.00 bits per heavy atom. The van der Waals surface area contributed by atoms with E-state index < -0.39 is 15.7 Å². The Morgan fingerprint density at radius 2 is 2.32 bits per heavy atom. The van der Waals surface area contributed by atoms with Gasteiger partial charge < -0.3 is 5.32 Å². The van der Waals surface area contributed by atoms with E-state index in [2.05, 4.69) is 20.5 Å². The first kappa shape index (κ1) is 14.0. The first-order valence-corrected chi connectivity index (χ1v) is 8.25. The molecule has 7 nitrogen and oxygen atoms in total. The summed E-state index contributed by atoms with van der Waals surface area (Å²) in [4.78, 5) is 16.0. The fraction of sp³-hybridized carbons (Fsp3) is 0.727. The highest BCUT2D eigenvalue weighted by Gasteiger charge is 2.27. The predicted octanol–water partition coefficient (Wildman–Crippen LogP) is 0.0642. The highest BCUT2D eigenvalue weighted by atomic mass is 32.2. The van der Waals surface area contributed by atoms with Gasteiger partial charge in [0.1, 0.15) is 5.82 Å². The number of H-pyrrole nitrogens is 1. The minimum atomic E-state index is -3.03. The van der Waals surface area contributed by atoms with Gasteiger partial charge in [0, 0.05) is 12.5 Å². The van der Waals surface area contributed by atoms with Crippen LogP contribution in [0.15, 0.2) is 0 Å². The molecule has 0 spiro atoms. The molecule has 2 heterocycles. The number of aromatic amines is 1. The second-order valence-corrected chi connectivity index (χ2v) is 7.01. The summed E-state index contributed by atoms with van der Waals surface area (Å²) in [7, 11) is -3.03. The summed E-state index contributed by atoms with van der Waals surface area (Å²) < 4.78 is 23.0. The van der Waals surface area contributed by atoms with E-state index in [1.165, 1.54) is 0 Å². The van der Waals surface area contributed by atoms with Crippen molar-refractivity contribution >= 4 is 15.7 Å². The van der Waals surface area contributed by atoms with Gasteiger partial charge in [-0.05, 0) is 19.3 Å². The number of nitrogens with zero attached hydrogens (tertiary/aromatic N) is 2.